The molecule has 2 rings (SSSR count). The molecule has 0 aliphatic carbocycles. The number of anilines is 1. The van der Waals surface area contributed by atoms with Crippen LogP contribution in [-0.2, 0) is 6.42 Å². The van der Waals surface area contributed by atoms with Crippen LogP contribution in [-0.4, -0.2) is 19.4 Å². The highest BCUT2D eigenvalue weighted by atomic mass is 15.2. The Balaban J connectivity index is 2.38. The van der Waals surface area contributed by atoms with Crippen LogP contribution in [0.5, 0.6) is 0 Å². The van der Waals surface area contributed by atoms with Crippen LogP contribution >= 0.6 is 0 Å². The lowest BCUT2D eigenvalue weighted by atomic mass is 10.1. The fraction of sp³-hybridized carbons (Fsp3) is 0.231. The molecule has 17 heavy (non-hydrogen) atoms. The first-order chi connectivity index (χ1) is 8.30. The number of hydrogen-bond acceptors (Lipinski definition) is 3. The highest BCUT2D eigenvalue weighted by Crippen LogP contribution is 2.29. The van der Waals surface area contributed by atoms with Gasteiger partial charge in [-0.1, -0.05) is 0 Å². The summed E-state index contributed by atoms with van der Waals surface area (Å²) >= 11 is 0. The van der Waals surface area contributed by atoms with Gasteiger partial charge in [-0.15, -0.1) is 0 Å². The Bertz CT molecular complexity index is 523. The molecule has 4 nitrogen and oxygen atoms in total. The molecular formula is C13H14N4. The van der Waals surface area contributed by atoms with Crippen LogP contribution in [0.3, 0.4) is 0 Å². The van der Waals surface area contributed by atoms with Crippen LogP contribution in [0.2, 0.25) is 0 Å². The molecule has 0 bridgehead atoms. The summed E-state index contributed by atoms with van der Waals surface area (Å²) in [4.78, 5) is 6.32. The Hall–Kier alpha value is -2.28. The van der Waals surface area contributed by atoms with E-state index in [1.54, 1.807) is 13.1 Å². The van der Waals surface area contributed by atoms with E-state index in [0.29, 0.717) is 5.56 Å². The minimum atomic E-state index is 0.704. The van der Waals surface area contributed by atoms with Crippen molar-refractivity contribution in [2.75, 3.05) is 18.5 Å². The third-order valence-corrected chi connectivity index (χ3v) is 2.86. The van der Waals surface area contributed by atoms with Crippen LogP contribution in [0.25, 0.3) is 0 Å². The van der Waals surface area contributed by atoms with E-state index in [4.69, 9.17) is 11.0 Å². The Morgan fingerprint density at radius 2 is 2.41 bits per heavy atom. The second-order valence-electron chi connectivity index (χ2n) is 3.80. The summed E-state index contributed by atoms with van der Waals surface area (Å²) in [5.74, 6) is 0.843. The zero-order valence-electron chi connectivity index (χ0n) is 9.72. The van der Waals surface area contributed by atoms with E-state index < -0.39 is 0 Å². The maximum Gasteiger partial charge on any atom is 0.129 e. The second kappa shape index (κ2) is 4.71. The van der Waals surface area contributed by atoms with Gasteiger partial charge in [0.2, 0.25) is 0 Å². The summed E-state index contributed by atoms with van der Waals surface area (Å²) in [6.07, 6.45) is 4.21. The monoisotopic (exact) mass is 226 g/mol. The maximum absolute atomic E-state index is 8.86. The lowest BCUT2D eigenvalue weighted by Gasteiger charge is -2.18. The number of amidine groups is 1. The van der Waals surface area contributed by atoms with Crippen molar-refractivity contribution in [2.45, 2.75) is 6.42 Å². The van der Waals surface area contributed by atoms with Crippen LogP contribution in [0.4, 0.5) is 5.69 Å². The highest BCUT2D eigenvalue weighted by Gasteiger charge is 2.21. The Kier molecular flexibility index (Phi) is 3.10. The van der Waals surface area contributed by atoms with Gasteiger partial charge in [0.05, 0.1) is 11.6 Å². The lowest BCUT2D eigenvalue weighted by Crippen LogP contribution is -2.27. The third kappa shape index (κ3) is 2.00. The Morgan fingerprint density at radius 3 is 3.06 bits per heavy atom. The second-order valence-corrected chi connectivity index (χ2v) is 3.80. The summed E-state index contributed by atoms with van der Waals surface area (Å²) < 4.78 is 0. The number of hydrogen-bond donors (Lipinski definition) is 1. The van der Waals surface area contributed by atoms with Gasteiger partial charge in [0.1, 0.15) is 5.84 Å². The van der Waals surface area contributed by atoms with Crippen LogP contribution in [0.15, 0.2) is 35.5 Å². The normalized spacial score (nSPS) is 15.1. The summed E-state index contributed by atoms with van der Waals surface area (Å²) in [5.41, 5.74) is 8.41. The molecule has 0 atom stereocenters. The molecule has 0 saturated heterocycles. The van der Waals surface area contributed by atoms with E-state index in [-0.39, 0.29) is 0 Å². The van der Waals surface area contributed by atoms with Gasteiger partial charge in [-0.2, -0.15) is 5.26 Å². The number of rotatable bonds is 1. The average Bonchev–Trinajstić information content (AvgIpc) is 2.78. The van der Waals surface area contributed by atoms with Gasteiger partial charge in [0.15, 0.2) is 0 Å². The summed E-state index contributed by atoms with van der Waals surface area (Å²) in [6.45, 7) is 0.876. The molecule has 0 spiro atoms. The number of nitrogens with zero attached hydrogens (tertiary/aromatic N) is 3. The standard InChI is InChI=1S/C13H14N4/c1-16-13(4-6-14)17-7-5-11-8-10(9-15)2-3-12(11)17/h2-4,6,8H,5,7,14H2,1H3. The van der Waals surface area contributed by atoms with Gasteiger partial charge in [0, 0.05) is 19.3 Å². The zero-order valence-corrected chi connectivity index (χ0v) is 9.72. The molecule has 4 heteroatoms. The van der Waals surface area contributed by atoms with Gasteiger partial charge >= 0.3 is 0 Å². The number of benzene rings is 1. The number of fused-ring (bicyclic) bond motifs is 1. The number of aliphatic imine (C=N–C) groups is 1. The van der Waals surface area contributed by atoms with E-state index in [2.05, 4.69) is 16.0 Å². The molecule has 0 fully saturated rings. The molecule has 0 radical (unpaired) electrons. The quantitative estimate of drug-likeness (QED) is 0.581. The Labute approximate surface area is 101 Å². The first-order valence-corrected chi connectivity index (χ1v) is 5.45. The molecule has 0 unspecified atom stereocenters. The van der Waals surface area contributed by atoms with E-state index in [1.807, 2.05) is 18.2 Å². The topological polar surface area (TPSA) is 65.4 Å². The molecule has 86 valence electrons. The predicted molar refractivity (Wildman–Crippen MR) is 68.9 cm³/mol. The SMILES string of the molecule is CN=C(C=CN)N1CCc2cc(C#N)ccc21. The molecular weight excluding hydrogens is 212 g/mol. The van der Waals surface area contributed by atoms with Gasteiger partial charge in [0.25, 0.3) is 0 Å². The van der Waals surface area contributed by atoms with Gasteiger partial charge in [-0.25, -0.2) is 0 Å². The first kappa shape index (κ1) is 11.2. The summed E-state index contributed by atoms with van der Waals surface area (Å²) in [5, 5.41) is 8.86. The van der Waals surface area contributed by atoms with Crippen molar-refractivity contribution in [1.82, 2.24) is 0 Å². The van der Waals surface area contributed by atoms with E-state index in [9.17, 15) is 0 Å². The lowest BCUT2D eigenvalue weighted by molar-refractivity contribution is 1.02. The molecule has 2 N–H and O–H groups in total. The van der Waals surface area contributed by atoms with Crippen molar-refractivity contribution in [3.8, 4) is 6.07 Å². The van der Waals surface area contributed by atoms with Gasteiger partial charge < -0.3 is 10.6 Å². The fourth-order valence-corrected chi connectivity index (χ4v) is 2.08. The van der Waals surface area contributed by atoms with Crippen molar-refractivity contribution in [3.05, 3.63) is 41.6 Å². The van der Waals surface area contributed by atoms with Gasteiger partial charge in [-0.3, -0.25) is 4.99 Å². The molecule has 1 heterocycles. The molecule has 0 aromatic heterocycles. The van der Waals surface area contributed by atoms with E-state index in [0.717, 1.165) is 24.5 Å². The largest absolute Gasteiger partial charge is 0.404 e. The van der Waals surface area contributed by atoms with Gasteiger partial charge in [-0.05, 0) is 42.5 Å². The van der Waals surface area contributed by atoms with E-state index in [1.165, 1.54) is 11.8 Å². The molecule has 0 saturated carbocycles. The van der Waals surface area contributed by atoms with Crippen LogP contribution in [0, 0.1) is 11.3 Å². The maximum atomic E-state index is 8.86. The molecule has 1 aliphatic rings. The van der Waals surface area contributed by atoms with E-state index >= 15 is 0 Å². The Morgan fingerprint density at radius 1 is 1.59 bits per heavy atom. The number of nitriles is 1. The minimum Gasteiger partial charge on any atom is -0.404 e. The number of nitrogens with two attached hydrogens (primary N) is 1. The third-order valence-electron chi connectivity index (χ3n) is 2.86. The van der Waals surface area contributed by atoms with Crippen LogP contribution < -0.4 is 10.6 Å². The average molecular weight is 226 g/mol. The molecule has 1 aliphatic heterocycles. The molecule has 1 aromatic rings. The van der Waals surface area contributed by atoms with Crippen LogP contribution in [0.1, 0.15) is 11.1 Å². The van der Waals surface area contributed by atoms with Crippen molar-refractivity contribution in [3.63, 3.8) is 0 Å². The van der Waals surface area contributed by atoms with Crippen molar-refractivity contribution in [2.24, 2.45) is 10.7 Å². The predicted octanol–water partition coefficient (Wildman–Crippen LogP) is 1.42. The zero-order chi connectivity index (χ0) is 12.3. The van der Waals surface area contributed by atoms with Crippen molar-refractivity contribution < 1.29 is 0 Å². The minimum absolute atomic E-state index is 0.704. The molecule has 1 aromatic carbocycles. The highest BCUT2D eigenvalue weighted by molar-refractivity contribution is 6.06. The molecule has 0 amide bonds. The fourth-order valence-electron chi connectivity index (χ4n) is 2.08. The summed E-state index contributed by atoms with van der Waals surface area (Å²) in [6, 6.07) is 7.90. The van der Waals surface area contributed by atoms with Crippen molar-refractivity contribution >= 4 is 11.5 Å². The summed E-state index contributed by atoms with van der Waals surface area (Å²) in [7, 11) is 1.75. The smallest absolute Gasteiger partial charge is 0.129 e. The van der Waals surface area contributed by atoms with Crippen molar-refractivity contribution in [1.29, 1.82) is 5.26 Å². The first-order valence-electron chi connectivity index (χ1n) is 5.45.